The third-order valence-corrected chi connectivity index (χ3v) is 1.34. The summed E-state index contributed by atoms with van der Waals surface area (Å²) in [5.41, 5.74) is 9.12. The van der Waals surface area contributed by atoms with Crippen molar-refractivity contribution in [2.45, 2.75) is 5.66 Å². The molecule has 0 aromatic carbocycles. The summed E-state index contributed by atoms with van der Waals surface area (Å²) >= 11 is 0. The smallest absolute Gasteiger partial charge is 0.348 e. The van der Waals surface area contributed by atoms with E-state index in [1.165, 1.54) is 18.2 Å². The molecule has 6 N–H and O–H groups in total. The monoisotopic (exact) mass is 155 g/mol. The van der Waals surface area contributed by atoms with Gasteiger partial charge in [0.15, 0.2) is 0 Å². The number of carboxylic acids is 1. The van der Waals surface area contributed by atoms with Crippen LogP contribution in [0.15, 0.2) is 24.0 Å². The van der Waals surface area contributed by atoms with Crippen molar-refractivity contribution in [2.24, 2.45) is 11.5 Å². The molecule has 0 bridgehead atoms. The Kier molecular flexibility index (Phi) is 1.58. The number of nitrogens with two attached hydrogens (primary N) is 2. The minimum atomic E-state index is -1.56. The van der Waals surface area contributed by atoms with Crippen LogP contribution in [0.1, 0.15) is 0 Å². The Morgan fingerprint density at radius 2 is 2.36 bits per heavy atom. The van der Waals surface area contributed by atoms with E-state index in [2.05, 4.69) is 5.32 Å². The predicted molar refractivity (Wildman–Crippen MR) is 39.1 cm³/mol. The van der Waals surface area contributed by atoms with Crippen LogP contribution in [0, 0.1) is 0 Å². The number of dihydropyridines is 1. The van der Waals surface area contributed by atoms with Crippen molar-refractivity contribution in [2.75, 3.05) is 0 Å². The second kappa shape index (κ2) is 2.28. The highest BCUT2D eigenvalue weighted by Crippen LogP contribution is 2.05. The standard InChI is InChI=1S/C6H9N3O2/c7-4-2-1-3-6(8,9-4)5(10)11/h1-3,9H,7-8H2,(H,10,11). The number of carbonyl (C=O) groups is 1. The number of hydrogen-bond acceptors (Lipinski definition) is 4. The van der Waals surface area contributed by atoms with Gasteiger partial charge in [-0.3, -0.25) is 5.73 Å². The molecule has 0 aromatic rings. The molecule has 1 aliphatic heterocycles. The van der Waals surface area contributed by atoms with Gasteiger partial charge in [0.1, 0.15) is 0 Å². The summed E-state index contributed by atoms with van der Waals surface area (Å²) in [6, 6.07) is 0. The molecule has 11 heavy (non-hydrogen) atoms. The lowest BCUT2D eigenvalue weighted by Crippen LogP contribution is -2.59. The van der Waals surface area contributed by atoms with Gasteiger partial charge in [-0.1, -0.05) is 6.08 Å². The Bertz CT molecular complexity index is 246. The summed E-state index contributed by atoms with van der Waals surface area (Å²) in [5, 5.41) is 11.0. The van der Waals surface area contributed by atoms with Crippen molar-refractivity contribution in [1.82, 2.24) is 5.32 Å². The second-order valence-electron chi connectivity index (χ2n) is 2.28. The highest BCUT2D eigenvalue weighted by Gasteiger charge is 2.32. The van der Waals surface area contributed by atoms with E-state index < -0.39 is 11.6 Å². The number of allylic oxidation sites excluding steroid dienone is 2. The van der Waals surface area contributed by atoms with Crippen molar-refractivity contribution in [3.8, 4) is 0 Å². The average molecular weight is 155 g/mol. The molecule has 0 aromatic heterocycles. The third kappa shape index (κ3) is 1.32. The molecule has 0 spiro atoms. The zero-order chi connectivity index (χ0) is 8.48. The summed E-state index contributed by atoms with van der Waals surface area (Å²) in [6.07, 6.45) is 4.36. The molecule has 1 atom stereocenters. The van der Waals surface area contributed by atoms with E-state index in [0.717, 1.165) is 0 Å². The van der Waals surface area contributed by atoms with Crippen molar-refractivity contribution in [3.63, 3.8) is 0 Å². The molecule has 1 unspecified atom stereocenters. The van der Waals surface area contributed by atoms with Gasteiger partial charge in [-0.05, 0) is 12.2 Å². The summed E-state index contributed by atoms with van der Waals surface area (Å²) in [7, 11) is 0. The molecule has 60 valence electrons. The third-order valence-electron chi connectivity index (χ3n) is 1.34. The van der Waals surface area contributed by atoms with Gasteiger partial charge in [0.2, 0.25) is 5.66 Å². The molecule has 1 rings (SSSR count). The minimum Gasteiger partial charge on any atom is -0.478 e. The topological polar surface area (TPSA) is 101 Å². The molecular weight excluding hydrogens is 146 g/mol. The summed E-state index contributed by atoms with van der Waals surface area (Å²) < 4.78 is 0. The Balaban J connectivity index is 2.86. The maximum absolute atomic E-state index is 10.5. The largest absolute Gasteiger partial charge is 0.478 e. The van der Waals surface area contributed by atoms with Gasteiger partial charge in [-0.15, -0.1) is 0 Å². The molecular formula is C6H9N3O2. The van der Waals surface area contributed by atoms with Gasteiger partial charge >= 0.3 is 5.97 Å². The van der Waals surface area contributed by atoms with Crippen LogP contribution >= 0.6 is 0 Å². The van der Waals surface area contributed by atoms with Crippen molar-refractivity contribution < 1.29 is 9.90 Å². The van der Waals surface area contributed by atoms with Crippen molar-refractivity contribution >= 4 is 5.97 Å². The second-order valence-corrected chi connectivity index (χ2v) is 2.28. The zero-order valence-electron chi connectivity index (χ0n) is 5.74. The van der Waals surface area contributed by atoms with Crippen LogP contribution in [-0.2, 0) is 4.79 Å². The summed E-state index contributed by atoms with van der Waals surface area (Å²) in [4.78, 5) is 10.5. The van der Waals surface area contributed by atoms with Gasteiger partial charge in [-0.25, -0.2) is 4.79 Å². The summed E-state index contributed by atoms with van der Waals surface area (Å²) in [6.45, 7) is 0. The van der Waals surface area contributed by atoms with Gasteiger partial charge < -0.3 is 16.2 Å². The van der Waals surface area contributed by atoms with Crippen molar-refractivity contribution in [1.29, 1.82) is 0 Å². The van der Waals surface area contributed by atoms with Gasteiger partial charge in [-0.2, -0.15) is 0 Å². The lowest BCUT2D eigenvalue weighted by molar-refractivity contribution is -0.142. The molecule has 0 saturated heterocycles. The first-order valence-corrected chi connectivity index (χ1v) is 3.00. The Hall–Kier alpha value is -1.49. The fourth-order valence-corrected chi connectivity index (χ4v) is 0.750. The fourth-order valence-electron chi connectivity index (χ4n) is 0.750. The fraction of sp³-hybridized carbons (Fsp3) is 0.167. The zero-order valence-corrected chi connectivity index (χ0v) is 5.74. The van der Waals surface area contributed by atoms with E-state index in [-0.39, 0.29) is 5.82 Å². The van der Waals surface area contributed by atoms with Crippen LogP contribution in [0.2, 0.25) is 0 Å². The van der Waals surface area contributed by atoms with Gasteiger partial charge in [0.05, 0.1) is 5.82 Å². The SMILES string of the molecule is NC1=CC=CC(N)(C(=O)O)N1. The molecule has 0 amide bonds. The quantitative estimate of drug-likeness (QED) is 0.376. The van der Waals surface area contributed by atoms with Crippen LogP contribution in [0.4, 0.5) is 0 Å². The van der Waals surface area contributed by atoms with Gasteiger partial charge in [0.25, 0.3) is 0 Å². The highest BCUT2D eigenvalue weighted by atomic mass is 16.4. The van der Waals surface area contributed by atoms with Crippen LogP contribution in [0.3, 0.4) is 0 Å². The number of aliphatic carboxylic acids is 1. The van der Waals surface area contributed by atoms with Crippen LogP contribution in [-0.4, -0.2) is 16.7 Å². The van der Waals surface area contributed by atoms with Crippen LogP contribution in [0.25, 0.3) is 0 Å². The van der Waals surface area contributed by atoms with E-state index in [4.69, 9.17) is 16.6 Å². The molecule has 0 radical (unpaired) electrons. The Labute approximate surface area is 63.4 Å². The maximum Gasteiger partial charge on any atom is 0.348 e. The first-order valence-electron chi connectivity index (χ1n) is 3.00. The first-order chi connectivity index (χ1) is 5.04. The van der Waals surface area contributed by atoms with Crippen LogP contribution < -0.4 is 16.8 Å². The molecule has 1 aliphatic rings. The van der Waals surface area contributed by atoms with Crippen molar-refractivity contribution in [3.05, 3.63) is 24.0 Å². The van der Waals surface area contributed by atoms with E-state index >= 15 is 0 Å². The molecule has 5 nitrogen and oxygen atoms in total. The molecule has 0 aliphatic carbocycles. The minimum absolute atomic E-state index is 0.248. The molecule has 0 fully saturated rings. The van der Waals surface area contributed by atoms with E-state index in [0.29, 0.717) is 0 Å². The lowest BCUT2D eigenvalue weighted by Gasteiger charge is -2.25. The van der Waals surface area contributed by atoms with E-state index in [1.54, 1.807) is 0 Å². The van der Waals surface area contributed by atoms with E-state index in [1.807, 2.05) is 0 Å². The number of hydrogen-bond donors (Lipinski definition) is 4. The Morgan fingerprint density at radius 3 is 2.73 bits per heavy atom. The molecule has 5 heteroatoms. The number of nitrogens with one attached hydrogen (secondary N) is 1. The molecule has 1 heterocycles. The summed E-state index contributed by atoms with van der Waals surface area (Å²) in [5.74, 6) is -0.915. The average Bonchev–Trinajstić information content (AvgIpc) is 1.86. The number of carboxylic acid groups (broad SMARTS) is 1. The Morgan fingerprint density at radius 1 is 1.73 bits per heavy atom. The first kappa shape index (κ1) is 7.62. The normalized spacial score (nSPS) is 29.0. The lowest BCUT2D eigenvalue weighted by atomic mass is 10.1. The van der Waals surface area contributed by atoms with E-state index in [9.17, 15) is 4.79 Å². The predicted octanol–water partition coefficient (Wildman–Crippen LogP) is -1.31. The van der Waals surface area contributed by atoms with Gasteiger partial charge in [0, 0.05) is 0 Å². The highest BCUT2D eigenvalue weighted by molar-refractivity contribution is 5.81. The number of rotatable bonds is 1. The maximum atomic E-state index is 10.5. The van der Waals surface area contributed by atoms with Crippen LogP contribution in [0.5, 0.6) is 0 Å². The molecule has 0 saturated carbocycles.